The largest absolute Gasteiger partial charge is 0.374 e. The second-order valence-corrected chi connectivity index (χ2v) is 17.0. The minimum absolute atomic E-state index is 0.131. The van der Waals surface area contributed by atoms with Crippen LogP contribution in [0.15, 0.2) is 182 Å². The second kappa shape index (κ2) is 24.8. The molecule has 8 rings (SSSR count). The number of rotatable bonds is 23. The summed E-state index contributed by atoms with van der Waals surface area (Å²) in [4.78, 5) is 0. The Kier molecular flexibility index (Phi) is 17.9. The fraction of sp³-hybridized carbons (Fsp3) is 0.357. The summed E-state index contributed by atoms with van der Waals surface area (Å²) in [6, 6.07) is 60.0. The third-order valence-corrected chi connectivity index (χ3v) is 12.2. The molecule has 2 heterocycles. The highest BCUT2D eigenvalue weighted by Crippen LogP contribution is 2.41. The van der Waals surface area contributed by atoms with E-state index in [1.807, 2.05) is 189 Å². The first-order valence-corrected chi connectivity index (χ1v) is 23.1. The molecule has 352 valence electrons. The summed E-state index contributed by atoms with van der Waals surface area (Å²) in [6.07, 6.45) is -7.07. The fourth-order valence-electron chi connectivity index (χ4n) is 8.72. The first-order valence-electron chi connectivity index (χ1n) is 23.1. The molecular weight excluding hydrogens is 847 g/mol. The summed E-state index contributed by atoms with van der Waals surface area (Å²) >= 11 is 0. The molecule has 0 aliphatic carbocycles. The van der Waals surface area contributed by atoms with Crippen LogP contribution in [0.4, 0.5) is 0 Å². The van der Waals surface area contributed by atoms with Crippen molar-refractivity contribution in [3.63, 3.8) is 0 Å². The van der Waals surface area contributed by atoms with Crippen LogP contribution in [0.5, 0.6) is 0 Å². The average molecular weight is 910 g/mol. The molecule has 2 aliphatic heterocycles. The van der Waals surface area contributed by atoms with Crippen LogP contribution < -0.4 is 5.73 Å². The van der Waals surface area contributed by atoms with Crippen molar-refractivity contribution in [2.45, 2.75) is 107 Å². The van der Waals surface area contributed by atoms with E-state index < -0.39 is 60.9 Å². The van der Waals surface area contributed by atoms with Gasteiger partial charge in [-0.15, -0.1) is 0 Å². The van der Waals surface area contributed by atoms with E-state index in [4.69, 9.17) is 53.1 Å². The van der Waals surface area contributed by atoms with Gasteiger partial charge in [-0.05, 0) is 40.3 Å². The van der Waals surface area contributed by atoms with Gasteiger partial charge in [0.15, 0.2) is 6.29 Å². The maximum Gasteiger partial charge on any atom is 0.210 e. The summed E-state index contributed by atoms with van der Waals surface area (Å²) in [6.45, 7) is 3.60. The van der Waals surface area contributed by atoms with Gasteiger partial charge in [0, 0.05) is 7.11 Å². The lowest BCUT2D eigenvalue weighted by molar-refractivity contribution is -0.412. The Labute approximate surface area is 394 Å². The third kappa shape index (κ3) is 13.1. The van der Waals surface area contributed by atoms with E-state index in [-0.39, 0.29) is 39.6 Å². The van der Waals surface area contributed by atoms with Crippen molar-refractivity contribution in [3.05, 3.63) is 215 Å². The van der Waals surface area contributed by atoms with Crippen LogP contribution in [0, 0.1) is 0 Å². The van der Waals surface area contributed by atoms with Gasteiger partial charge in [0.2, 0.25) is 5.79 Å². The molecular formula is C56H63NO10. The van der Waals surface area contributed by atoms with Crippen molar-refractivity contribution in [1.29, 1.82) is 0 Å². The molecule has 11 nitrogen and oxygen atoms in total. The summed E-state index contributed by atoms with van der Waals surface area (Å²) in [5.74, 6) is -1.65. The van der Waals surface area contributed by atoms with Gasteiger partial charge in [0.05, 0.1) is 58.9 Å². The average Bonchev–Trinajstić information content (AvgIpc) is 3.38. The van der Waals surface area contributed by atoms with Crippen molar-refractivity contribution in [2.24, 2.45) is 5.73 Å². The lowest BCUT2D eigenvalue weighted by Crippen LogP contribution is -2.72. The molecule has 2 fully saturated rings. The van der Waals surface area contributed by atoms with Crippen LogP contribution in [0.1, 0.15) is 40.3 Å². The van der Waals surface area contributed by atoms with E-state index in [0.29, 0.717) is 13.2 Å². The minimum atomic E-state index is -1.65. The van der Waals surface area contributed by atoms with Gasteiger partial charge >= 0.3 is 0 Å². The zero-order valence-electron chi connectivity index (χ0n) is 38.3. The zero-order chi connectivity index (χ0) is 46.1. The van der Waals surface area contributed by atoms with Crippen molar-refractivity contribution in [3.8, 4) is 0 Å². The molecule has 6 aromatic rings. The van der Waals surface area contributed by atoms with Crippen molar-refractivity contribution < 1.29 is 47.4 Å². The summed E-state index contributed by atoms with van der Waals surface area (Å²) in [7, 11) is 1.60. The highest BCUT2D eigenvalue weighted by molar-refractivity contribution is 5.18. The predicted molar refractivity (Wildman–Crippen MR) is 254 cm³/mol. The molecule has 11 heteroatoms. The van der Waals surface area contributed by atoms with Crippen molar-refractivity contribution >= 4 is 0 Å². The SMILES string of the molecule is CO[C@H]1O[C@H](COCc2ccccc2)[C@@H](OCc2ccccc2)[C@H](O[C@]2(CN)O[C@@H](C)[C@@H](OCc3ccccc3)[C@@H](OCc3ccccc3)[C@@H]2OCc2ccccc2)[C@H]1OCc1ccccc1. The van der Waals surface area contributed by atoms with Gasteiger partial charge in [-0.1, -0.05) is 182 Å². The number of hydrogen-bond donors (Lipinski definition) is 1. The molecule has 2 N–H and O–H groups in total. The number of methoxy groups -OCH3 is 1. The molecule has 2 aliphatic rings. The molecule has 10 atom stereocenters. The van der Waals surface area contributed by atoms with Crippen LogP contribution in [0.2, 0.25) is 0 Å². The Bertz CT molecular complexity index is 2280. The van der Waals surface area contributed by atoms with Crippen molar-refractivity contribution in [1.82, 2.24) is 0 Å². The molecule has 0 radical (unpaired) electrons. The molecule has 2 saturated heterocycles. The molecule has 0 bridgehead atoms. The van der Waals surface area contributed by atoms with Crippen LogP contribution in [-0.4, -0.2) is 81.2 Å². The normalized spacial score (nSPS) is 26.3. The molecule has 0 saturated carbocycles. The van der Waals surface area contributed by atoms with Gasteiger partial charge in [0.25, 0.3) is 0 Å². The van der Waals surface area contributed by atoms with E-state index in [2.05, 4.69) is 0 Å². The van der Waals surface area contributed by atoms with Gasteiger partial charge in [-0.3, -0.25) is 0 Å². The van der Waals surface area contributed by atoms with E-state index in [1.165, 1.54) is 0 Å². The van der Waals surface area contributed by atoms with E-state index in [1.54, 1.807) is 7.11 Å². The molecule has 0 spiro atoms. The van der Waals surface area contributed by atoms with E-state index >= 15 is 0 Å². The maximum absolute atomic E-state index is 7.59. The lowest BCUT2D eigenvalue weighted by Gasteiger charge is -2.54. The number of benzene rings is 6. The summed E-state index contributed by atoms with van der Waals surface area (Å²) < 4.78 is 68.8. The monoisotopic (exact) mass is 909 g/mol. The third-order valence-electron chi connectivity index (χ3n) is 12.2. The number of nitrogens with two attached hydrogens (primary N) is 1. The second-order valence-electron chi connectivity index (χ2n) is 17.0. The summed E-state index contributed by atoms with van der Waals surface area (Å²) in [5.41, 5.74) is 12.9. The first kappa shape index (κ1) is 48.3. The highest BCUT2D eigenvalue weighted by atomic mass is 16.8. The molecule has 0 aromatic heterocycles. The molecule has 0 amide bonds. The fourth-order valence-corrected chi connectivity index (χ4v) is 8.72. The Morgan fingerprint density at radius 3 is 1.24 bits per heavy atom. The number of hydrogen-bond acceptors (Lipinski definition) is 11. The Morgan fingerprint density at radius 1 is 0.448 bits per heavy atom. The highest BCUT2D eigenvalue weighted by Gasteiger charge is 2.60. The first-order chi connectivity index (χ1) is 33.0. The Morgan fingerprint density at radius 2 is 0.821 bits per heavy atom. The number of ether oxygens (including phenoxy) is 10. The molecule has 0 unspecified atom stereocenters. The van der Waals surface area contributed by atoms with Crippen LogP contribution in [0.25, 0.3) is 0 Å². The van der Waals surface area contributed by atoms with E-state index in [0.717, 1.165) is 33.4 Å². The lowest BCUT2D eigenvalue weighted by atomic mass is 9.90. The maximum atomic E-state index is 7.59. The van der Waals surface area contributed by atoms with Crippen LogP contribution in [-0.2, 0) is 87.0 Å². The zero-order valence-corrected chi connectivity index (χ0v) is 38.3. The van der Waals surface area contributed by atoms with E-state index in [9.17, 15) is 0 Å². The minimum Gasteiger partial charge on any atom is -0.374 e. The quantitative estimate of drug-likeness (QED) is 0.0664. The van der Waals surface area contributed by atoms with Crippen molar-refractivity contribution in [2.75, 3.05) is 20.3 Å². The molecule has 6 aromatic carbocycles. The molecule has 67 heavy (non-hydrogen) atoms. The van der Waals surface area contributed by atoms with Crippen LogP contribution >= 0.6 is 0 Å². The topological polar surface area (TPSA) is 118 Å². The Balaban J connectivity index is 1.20. The van der Waals surface area contributed by atoms with Gasteiger partial charge < -0.3 is 53.1 Å². The predicted octanol–water partition coefficient (Wildman–Crippen LogP) is 8.96. The summed E-state index contributed by atoms with van der Waals surface area (Å²) in [5, 5.41) is 0. The smallest absolute Gasteiger partial charge is 0.210 e. The Hall–Kier alpha value is -5.12. The van der Waals surface area contributed by atoms with Gasteiger partial charge in [-0.25, -0.2) is 0 Å². The standard InChI is InChI=1S/C56H63NO10/c1-41-49(60-34-43-23-11-4-12-24-43)52(62-36-45-27-15-6-16-28-45)54(64-38-47-31-19-8-20-32-47)56(40-57,66-41)67-51-50(61-35-44-25-13-5-14-26-44)48(39-59-33-42-21-9-3-10-22-42)65-55(58-2)53(51)63-37-46-29-17-7-18-30-46/h3-32,41,48-55H,33-40,57H2,1-2H3/t41-,48+,49+,50+,51-,52+,53+,54-,55-,56-/m0/s1. The van der Waals surface area contributed by atoms with Gasteiger partial charge in [0.1, 0.15) is 42.7 Å². The van der Waals surface area contributed by atoms with Crippen LogP contribution in [0.3, 0.4) is 0 Å². The van der Waals surface area contributed by atoms with Gasteiger partial charge in [-0.2, -0.15) is 0 Å².